The van der Waals surface area contributed by atoms with E-state index in [0.717, 1.165) is 6.26 Å². The van der Waals surface area contributed by atoms with Crippen molar-refractivity contribution in [2.75, 3.05) is 23.9 Å². The minimum absolute atomic E-state index is 0.323. The fraction of sp³-hybridized carbons (Fsp3) is 0.400. The second kappa shape index (κ2) is 4.70. The van der Waals surface area contributed by atoms with Crippen molar-refractivity contribution in [2.45, 2.75) is 12.2 Å². The lowest BCUT2D eigenvalue weighted by Gasteiger charge is -2.21. The van der Waals surface area contributed by atoms with Gasteiger partial charge in [0.15, 0.2) is 9.84 Å². The molecule has 0 aromatic carbocycles. The van der Waals surface area contributed by atoms with E-state index < -0.39 is 21.0 Å². The number of nitrogens with two attached hydrogens (primary N) is 1. The minimum atomic E-state index is -3.42. The number of hydrogen-bond donors (Lipinski definition) is 1. The number of aromatic nitrogens is 1. The van der Waals surface area contributed by atoms with Crippen LogP contribution in [0.5, 0.6) is 0 Å². The summed E-state index contributed by atoms with van der Waals surface area (Å²) in [5.74, 6) is -0.523. The van der Waals surface area contributed by atoms with E-state index in [1.165, 1.54) is 31.3 Å². The van der Waals surface area contributed by atoms with E-state index in [1.54, 1.807) is 6.07 Å². The Balaban J connectivity index is 3.03. The first-order valence-electron chi connectivity index (χ1n) is 4.91. The van der Waals surface area contributed by atoms with Gasteiger partial charge in [0, 0.05) is 19.5 Å². The number of hydrogen-bond acceptors (Lipinski definition) is 5. The zero-order chi connectivity index (χ0) is 13.2. The lowest BCUT2D eigenvalue weighted by Crippen LogP contribution is -2.39. The van der Waals surface area contributed by atoms with Gasteiger partial charge in [0.05, 0.1) is 17.6 Å². The second-order valence-electron chi connectivity index (χ2n) is 3.80. The molecular weight excluding hydrogens is 242 g/mol. The number of anilines is 2. The van der Waals surface area contributed by atoms with Crippen LogP contribution in [0.3, 0.4) is 0 Å². The Morgan fingerprint density at radius 2 is 2.12 bits per heavy atom. The SMILES string of the molecule is CC(C(=O)N(C)c1ccncc1N)S(C)(=O)=O. The third kappa shape index (κ3) is 2.94. The number of sulfone groups is 1. The fourth-order valence-electron chi connectivity index (χ4n) is 1.28. The number of pyridine rings is 1. The van der Waals surface area contributed by atoms with E-state index in [9.17, 15) is 13.2 Å². The van der Waals surface area contributed by atoms with Gasteiger partial charge in [0.2, 0.25) is 5.91 Å². The molecule has 0 fully saturated rings. The fourth-order valence-corrected chi connectivity index (χ4v) is 1.80. The average molecular weight is 257 g/mol. The molecular formula is C10H15N3O3S. The van der Waals surface area contributed by atoms with Gasteiger partial charge in [-0.05, 0) is 13.0 Å². The lowest BCUT2D eigenvalue weighted by molar-refractivity contribution is -0.117. The van der Waals surface area contributed by atoms with Gasteiger partial charge in [0.1, 0.15) is 5.25 Å². The Bertz CT molecular complexity index is 527. The van der Waals surface area contributed by atoms with Gasteiger partial charge in [-0.25, -0.2) is 8.42 Å². The second-order valence-corrected chi connectivity index (χ2v) is 6.17. The Kier molecular flexibility index (Phi) is 3.72. The highest BCUT2D eigenvalue weighted by Gasteiger charge is 2.27. The molecule has 0 radical (unpaired) electrons. The molecule has 1 aromatic rings. The molecule has 2 N–H and O–H groups in total. The molecule has 1 rings (SSSR count). The predicted octanol–water partition coefficient (Wildman–Crippen LogP) is 0.0597. The van der Waals surface area contributed by atoms with Crippen molar-refractivity contribution in [3.8, 4) is 0 Å². The predicted molar refractivity (Wildman–Crippen MR) is 66.4 cm³/mol. The average Bonchev–Trinajstić information content (AvgIpc) is 2.25. The Labute approximate surface area is 100 Å². The Hall–Kier alpha value is -1.63. The Morgan fingerprint density at radius 1 is 1.53 bits per heavy atom. The maximum atomic E-state index is 11.9. The van der Waals surface area contributed by atoms with Gasteiger partial charge >= 0.3 is 0 Å². The van der Waals surface area contributed by atoms with Crippen LogP contribution < -0.4 is 10.6 Å². The highest BCUT2D eigenvalue weighted by atomic mass is 32.2. The van der Waals surface area contributed by atoms with E-state index in [0.29, 0.717) is 11.4 Å². The van der Waals surface area contributed by atoms with Crippen molar-refractivity contribution in [3.05, 3.63) is 18.5 Å². The molecule has 17 heavy (non-hydrogen) atoms. The van der Waals surface area contributed by atoms with Gasteiger partial charge in [0.25, 0.3) is 0 Å². The van der Waals surface area contributed by atoms with E-state index in [-0.39, 0.29) is 0 Å². The maximum Gasteiger partial charge on any atom is 0.244 e. The quantitative estimate of drug-likeness (QED) is 0.826. The zero-order valence-electron chi connectivity index (χ0n) is 9.91. The lowest BCUT2D eigenvalue weighted by atomic mass is 10.3. The molecule has 7 heteroatoms. The molecule has 0 saturated heterocycles. The maximum absolute atomic E-state index is 11.9. The monoisotopic (exact) mass is 257 g/mol. The van der Waals surface area contributed by atoms with Gasteiger partial charge in [-0.2, -0.15) is 0 Å². The van der Waals surface area contributed by atoms with Crippen LogP contribution in [-0.2, 0) is 14.6 Å². The van der Waals surface area contributed by atoms with Crippen LogP contribution >= 0.6 is 0 Å². The minimum Gasteiger partial charge on any atom is -0.396 e. The number of carbonyl (C=O) groups is 1. The number of rotatable bonds is 3. The van der Waals surface area contributed by atoms with Crippen LogP contribution in [0.25, 0.3) is 0 Å². The molecule has 1 amide bonds. The van der Waals surface area contributed by atoms with Gasteiger partial charge in [-0.3, -0.25) is 9.78 Å². The molecule has 1 unspecified atom stereocenters. The Morgan fingerprint density at radius 3 is 2.59 bits per heavy atom. The van der Waals surface area contributed by atoms with Crippen LogP contribution in [0.1, 0.15) is 6.92 Å². The molecule has 0 spiro atoms. The molecule has 6 nitrogen and oxygen atoms in total. The zero-order valence-corrected chi connectivity index (χ0v) is 10.7. The smallest absolute Gasteiger partial charge is 0.244 e. The molecule has 0 aliphatic rings. The first-order valence-corrected chi connectivity index (χ1v) is 6.86. The van der Waals surface area contributed by atoms with E-state index in [4.69, 9.17) is 5.73 Å². The van der Waals surface area contributed by atoms with Gasteiger partial charge < -0.3 is 10.6 Å². The normalized spacial score (nSPS) is 13.1. The number of carbonyl (C=O) groups excluding carboxylic acids is 1. The summed E-state index contributed by atoms with van der Waals surface area (Å²) in [5, 5.41) is -1.10. The third-order valence-corrected chi connectivity index (χ3v) is 4.00. The molecule has 0 aliphatic heterocycles. The summed E-state index contributed by atoms with van der Waals surface area (Å²) in [5.41, 5.74) is 6.43. The highest BCUT2D eigenvalue weighted by Crippen LogP contribution is 2.21. The van der Waals surface area contributed by atoms with E-state index >= 15 is 0 Å². The number of amides is 1. The molecule has 1 atom stereocenters. The van der Waals surface area contributed by atoms with Crippen molar-refractivity contribution in [2.24, 2.45) is 0 Å². The summed E-state index contributed by atoms with van der Waals surface area (Å²) < 4.78 is 22.6. The molecule has 1 aromatic heterocycles. The summed E-state index contributed by atoms with van der Waals surface area (Å²) in [6.45, 7) is 1.35. The van der Waals surface area contributed by atoms with Gasteiger partial charge in [-0.1, -0.05) is 0 Å². The molecule has 0 bridgehead atoms. The molecule has 1 heterocycles. The topological polar surface area (TPSA) is 93.4 Å². The first kappa shape index (κ1) is 13.4. The van der Waals surface area contributed by atoms with Crippen molar-refractivity contribution in [1.82, 2.24) is 4.98 Å². The van der Waals surface area contributed by atoms with E-state index in [1.807, 2.05) is 0 Å². The van der Waals surface area contributed by atoms with Crippen molar-refractivity contribution in [3.63, 3.8) is 0 Å². The highest BCUT2D eigenvalue weighted by molar-refractivity contribution is 7.92. The van der Waals surface area contributed by atoms with Crippen LogP contribution in [0.2, 0.25) is 0 Å². The van der Waals surface area contributed by atoms with E-state index in [2.05, 4.69) is 4.98 Å². The summed E-state index contributed by atoms with van der Waals surface area (Å²) in [7, 11) is -1.93. The summed E-state index contributed by atoms with van der Waals surface area (Å²) in [6, 6.07) is 1.56. The van der Waals surface area contributed by atoms with Crippen LogP contribution in [0.4, 0.5) is 11.4 Å². The number of nitrogen functional groups attached to an aromatic ring is 1. The van der Waals surface area contributed by atoms with Crippen LogP contribution in [0.15, 0.2) is 18.5 Å². The largest absolute Gasteiger partial charge is 0.396 e. The summed E-state index contributed by atoms with van der Waals surface area (Å²) >= 11 is 0. The standard InChI is InChI=1S/C10H15N3O3S/c1-7(17(3,15)16)10(14)13(2)9-4-5-12-6-8(9)11/h4-7H,11H2,1-3H3. The van der Waals surface area contributed by atoms with Gasteiger partial charge in [-0.15, -0.1) is 0 Å². The summed E-state index contributed by atoms with van der Waals surface area (Å²) in [6.07, 6.45) is 3.92. The first-order chi connectivity index (χ1) is 7.75. The van der Waals surface area contributed by atoms with Crippen molar-refractivity contribution >= 4 is 27.1 Å². The van der Waals surface area contributed by atoms with Crippen LogP contribution in [-0.4, -0.2) is 37.9 Å². The molecule has 94 valence electrons. The summed E-state index contributed by atoms with van der Waals surface area (Å²) in [4.78, 5) is 16.9. The van der Waals surface area contributed by atoms with Crippen molar-refractivity contribution < 1.29 is 13.2 Å². The molecule has 0 saturated carbocycles. The van der Waals surface area contributed by atoms with Crippen molar-refractivity contribution in [1.29, 1.82) is 0 Å². The molecule has 0 aliphatic carbocycles. The van der Waals surface area contributed by atoms with Crippen LogP contribution in [0, 0.1) is 0 Å². The third-order valence-electron chi connectivity index (χ3n) is 2.51. The number of nitrogens with zero attached hydrogens (tertiary/aromatic N) is 2.